The summed E-state index contributed by atoms with van der Waals surface area (Å²) in [6.07, 6.45) is 6.16. The minimum atomic E-state index is 0.637. The highest BCUT2D eigenvalue weighted by Crippen LogP contribution is 2.28. The third kappa shape index (κ3) is 2.65. The van der Waals surface area contributed by atoms with Gasteiger partial charge in [-0.05, 0) is 42.8 Å². The molecule has 2 rings (SSSR count). The molecule has 15 heavy (non-hydrogen) atoms. The van der Waals surface area contributed by atoms with Crippen LogP contribution in [0.3, 0.4) is 0 Å². The lowest BCUT2D eigenvalue weighted by Gasteiger charge is -2.24. The zero-order valence-corrected chi connectivity index (χ0v) is 9.63. The molecule has 80 valence electrons. The highest BCUT2D eigenvalue weighted by Gasteiger charge is 2.30. The maximum atomic E-state index is 5.29. The Labute approximate surface area is 95.5 Å². The van der Waals surface area contributed by atoms with Crippen LogP contribution in [0.5, 0.6) is 0 Å². The Morgan fingerprint density at radius 3 is 2.73 bits per heavy atom. The van der Waals surface area contributed by atoms with Crippen molar-refractivity contribution in [3.63, 3.8) is 0 Å². The molecule has 1 aliphatic carbocycles. The van der Waals surface area contributed by atoms with Crippen molar-refractivity contribution in [3.05, 3.63) is 30.1 Å². The molecule has 0 atom stereocenters. The molecule has 0 bridgehead atoms. The predicted octanol–water partition coefficient (Wildman–Crippen LogP) is 1.55. The molecular formula is C11H15N3S. The smallest absolute Gasteiger partial charge is 0.169 e. The molecule has 3 nitrogen and oxygen atoms in total. The molecule has 0 spiro atoms. The van der Waals surface area contributed by atoms with Gasteiger partial charge in [0, 0.05) is 32.0 Å². The van der Waals surface area contributed by atoms with E-state index in [0.29, 0.717) is 6.04 Å². The monoisotopic (exact) mass is 221 g/mol. The van der Waals surface area contributed by atoms with Crippen molar-refractivity contribution in [2.75, 3.05) is 7.05 Å². The van der Waals surface area contributed by atoms with Gasteiger partial charge >= 0.3 is 0 Å². The molecule has 4 heteroatoms. The van der Waals surface area contributed by atoms with Gasteiger partial charge in [-0.2, -0.15) is 0 Å². The van der Waals surface area contributed by atoms with E-state index in [1.165, 1.54) is 18.4 Å². The van der Waals surface area contributed by atoms with Crippen LogP contribution in [-0.4, -0.2) is 28.1 Å². The second-order valence-corrected chi connectivity index (χ2v) is 4.16. The van der Waals surface area contributed by atoms with Gasteiger partial charge in [-0.25, -0.2) is 0 Å². The van der Waals surface area contributed by atoms with Crippen LogP contribution in [0.15, 0.2) is 24.5 Å². The lowest BCUT2D eigenvalue weighted by molar-refractivity contribution is 0.399. The fourth-order valence-corrected chi connectivity index (χ4v) is 1.80. The lowest BCUT2D eigenvalue weighted by atomic mass is 10.2. The normalized spacial score (nSPS) is 14.7. The van der Waals surface area contributed by atoms with Crippen molar-refractivity contribution < 1.29 is 0 Å². The average Bonchev–Trinajstić information content (AvgIpc) is 3.10. The van der Waals surface area contributed by atoms with Crippen molar-refractivity contribution in [2.45, 2.75) is 25.4 Å². The number of rotatable bonds is 3. The molecule has 0 aliphatic heterocycles. The lowest BCUT2D eigenvalue weighted by Crippen LogP contribution is -2.38. The van der Waals surface area contributed by atoms with Crippen molar-refractivity contribution in [2.24, 2.45) is 0 Å². The Hall–Kier alpha value is -1.16. The van der Waals surface area contributed by atoms with Gasteiger partial charge in [-0.15, -0.1) is 0 Å². The van der Waals surface area contributed by atoms with Crippen LogP contribution < -0.4 is 5.32 Å². The van der Waals surface area contributed by atoms with Gasteiger partial charge in [0.15, 0.2) is 5.11 Å². The first-order chi connectivity index (χ1) is 7.31. The van der Waals surface area contributed by atoms with Gasteiger partial charge in [0.1, 0.15) is 0 Å². The molecule has 0 amide bonds. The number of aromatic nitrogens is 1. The van der Waals surface area contributed by atoms with E-state index in [1.807, 2.05) is 31.6 Å². The third-order valence-corrected chi connectivity index (χ3v) is 3.00. The summed E-state index contributed by atoms with van der Waals surface area (Å²) in [5.74, 6) is 0. The fourth-order valence-electron chi connectivity index (χ4n) is 1.58. The average molecular weight is 221 g/mol. The minimum Gasteiger partial charge on any atom is -0.366 e. The zero-order valence-electron chi connectivity index (χ0n) is 8.81. The summed E-state index contributed by atoms with van der Waals surface area (Å²) in [6.45, 7) is 0.882. The summed E-state index contributed by atoms with van der Waals surface area (Å²) < 4.78 is 0. The summed E-state index contributed by atoms with van der Waals surface area (Å²) >= 11 is 5.29. The molecule has 1 saturated carbocycles. The Morgan fingerprint density at radius 2 is 2.20 bits per heavy atom. The first kappa shape index (κ1) is 10.4. The van der Waals surface area contributed by atoms with E-state index in [4.69, 9.17) is 12.2 Å². The Bertz CT molecular complexity index is 335. The molecule has 1 aliphatic rings. The largest absolute Gasteiger partial charge is 0.366 e. The van der Waals surface area contributed by atoms with Crippen molar-refractivity contribution in [3.8, 4) is 0 Å². The second kappa shape index (κ2) is 4.57. The van der Waals surface area contributed by atoms with E-state index < -0.39 is 0 Å². The maximum absolute atomic E-state index is 5.29. The van der Waals surface area contributed by atoms with E-state index in [9.17, 15) is 0 Å². The fraction of sp³-hybridized carbons (Fsp3) is 0.455. The number of hydrogen-bond acceptors (Lipinski definition) is 2. The first-order valence-electron chi connectivity index (χ1n) is 5.18. The standard InChI is InChI=1S/C11H15N3S/c1-12-11(15)14(10-2-3-10)8-9-4-6-13-7-5-9/h4-7,10H,2-3,8H2,1H3,(H,12,15). The van der Waals surface area contributed by atoms with Crippen LogP contribution in [0.4, 0.5) is 0 Å². The summed E-state index contributed by atoms with van der Waals surface area (Å²) in [5.41, 5.74) is 1.26. The Kier molecular flexibility index (Phi) is 3.16. The molecule has 0 unspecified atom stereocenters. The van der Waals surface area contributed by atoms with Crippen LogP contribution in [0.25, 0.3) is 0 Å². The van der Waals surface area contributed by atoms with Crippen molar-refractivity contribution in [1.82, 2.24) is 15.2 Å². The molecule has 1 N–H and O–H groups in total. The summed E-state index contributed by atoms with van der Waals surface area (Å²) in [5, 5.41) is 3.89. The van der Waals surface area contributed by atoms with Crippen LogP contribution in [0.1, 0.15) is 18.4 Å². The van der Waals surface area contributed by atoms with Gasteiger partial charge in [0.2, 0.25) is 0 Å². The summed E-state index contributed by atoms with van der Waals surface area (Å²) in [6, 6.07) is 4.71. The van der Waals surface area contributed by atoms with E-state index in [-0.39, 0.29) is 0 Å². The molecule has 0 radical (unpaired) electrons. The number of hydrogen-bond donors (Lipinski definition) is 1. The molecule has 1 fully saturated rings. The Morgan fingerprint density at radius 1 is 1.53 bits per heavy atom. The van der Waals surface area contributed by atoms with Gasteiger partial charge in [-0.1, -0.05) is 0 Å². The molecule has 0 aromatic carbocycles. The van der Waals surface area contributed by atoms with Crippen molar-refractivity contribution in [1.29, 1.82) is 0 Å². The molecule has 1 aromatic heterocycles. The number of nitrogens with zero attached hydrogens (tertiary/aromatic N) is 2. The topological polar surface area (TPSA) is 28.2 Å². The van der Waals surface area contributed by atoms with Gasteiger partial charge in [0.25, 0.3) is 0 Å². The highest BCUT2D eigenvalue weighted by molar-refractivity contribution is 7.80. The molecule has 1 aromatic rings. The van der Waals surface area contributed by atoms with E-state index in [0.717, 1.165) is 11.7 Å². The third-order valence-electron chi connectivity index (χ3n) is 2.56. The first-order valence-corrected chi connectivity index (χ1v) is 5.59. The quantitative estimate of drug-likeness (QED) is 0.784. The highest BCUT2D eigenvalue weighted by atomic mass is 32.1. The van der Waals surface area contributed by atoms with Gasteiger partial charge in [0.05, 0.1) is 0 Å². The van der Waals surface area contributed by atoms with E-state index >= 15 is 0 Å². The Balaban J connectivity index is 2.04. The predicted molar refractivity (Wildman–Crippen MR) is 64.5 cm³/mol. The SMILES string of the molecule is CNC(=S)N(Cc1ccncc1)C1CC1. The van der Waals surface area contributed by atoms with E-state index in [2.05, 4.69) is 15.2 Å². The number of thiocarbonyl (C=S) groups is 1. The van der Waals surface area contributed by atoms with E-state index in [1.54, 1.807) is 0 Å². The van der Waals surface area contributed by atoms with Crippen LogP contribution in [0, 0.1) is 0 Å². The minimum absolute atomic E-state index is 0.637. The van der Waals surface area contributed by atoms with Gasteiger partial charge in [-0.3, -0.25) is 4.98 Å². The van der Waals surface area contributed by atoms with Gasteiger partial charge < -0.3 is 10.2 Å². The van der Waals surface area contributed by atoms with Crippen LogP contribution >= 0.6 is 12.2 Å². The zero-order chi connectivity index (χ0) is 10.7. The molecule has 1 heterocycles. The summed E-state index contributed by atoms with van der Waals surface area (Å²) in [4.78, 5) is 6.27. The maximum Gasteiger partial charge on any atom is 0.169 e. The number of nitrogens with one attached hydrogen (secondary N) is 1. The summed E-state index contributed by atoms with van der Waals surface area (Å²) in [7, 11) is 1.88. The molecular weight excluding hydrogens is 206 g/mol. The second-order valence-electron chi connectivity index (χ2n) is 3.77. The van der Waals surface area contributed by atoms with Crippen LogP contribution in [0.2, 0.25) is 0 Å². The number of pyridine rings is 1. The van der Waals surface area contributed by atoms with Crippen LogP contribution in [-0.2, 0) is 6.54 Å². The van der Waals surface area contributed by atoms with Crippen molar-refractivity contribution >= 4 is 17.3 Å². The molecule has 0 saturated heterocycles.